The molecule has 3 aromatic carbocycles. The zero-order valence-corrected chi connectivity index (χ0v) is 15.3. The third-order valence-corrected chi connectivity index (χ3v) is 5.79. The fourth-order valence-corrected chi connectivity index (χ4v) is 4.76. The van der Waals surface area contributed by atoms with Gasteiger partial charge in [-0.3, -0.25) is 0 Å². The fraction of sp³-hybridized carbons (Fsp3) is 0.100. The van der Waals surface area contributed by atoms with Gasteiger partial charge in [-0.05, 0) is 36.4 Å². The molecule has 0 radical (unpaired) electrons. The number of para-hydroxylation sites is 1. The Labute approximate surface area is 165 Å². The summed E-state index contributed by atoms with van der Waals surface area (Å²) < 4.78 is 84.6. The smallest absolute Gasteiger partial charge is 0.406 e. The van der Waals surface area contributed by atoms with Gasteiger partial charge in [-0.1, -0.05) is 36.4 Å². The molecular formula is C20H13F6O2S+. The maximum atomic E-state index is 12.9. The van der Waals surface area contributed by atoms with Crippen LogP contribution in [0.25, 0.3) is 0 Å². The van der Waals surface area contributed by atoms with E-state index in [9.17, 15) is 26.3 Å². The van der Waals surface area contributed by atoms with E-state index in [1.165, 1.54) is 36.4 Å². The first kappa shape index (κ1) is 20.9. The van der Waals surface area contributed by atoms with Crippen LogP contribution in [0.5, 0.6) is 11.5 Å². The van der Waals surface area contributed by atoms with Crippen molar-refractivity contribution < 1.29 is 35.8 Å². The Kier molecular flexibility index (Phi) is 5.97. The molecule has 0 saturated carbocycles. The highest BCUT2D eigenvalue weighted by Gasteiger charge is 2.38. The molecule has 29 heavy (non-hydrogen) atoms. The van der Waals surface area contributed by atoms with Gasteiger partial charge in [0, 0.05) is 6.07 Å². The summed E-state index contributed by atoms with van der Waals surface area (Å²) in [7, 11) is -1.17. The van der Waals surface area contributed by atoms with E-state index in [2.05, 4.69) is 9.47 Å². The van der Waals surface area contributed by atoms with Crippen molar-refractivity contribution in [3.8, 4) is 11.5 Å². The molecule has 0 saturated heterocycles. The lowest BCUT2D eigenvalue weighted by Gasteiger charge is -2.15. The molecule has 0 bridgehead atoms. The summed E-state index contributed by atoms with van der Waals surface area (Å²) in [6, 6.07) is 19.2. The van der Waals surface area contributed by atoms with E-state index in [0.29, 0.717) is 9.79 Å². The number of benzene rings is 3. The highest BCUT2D eigenvalue weighted by Crippen LogP contribution is 2.39. The van der Waals surface area contributed by atoms with Crippen LogP contribution in [0.4, 0.5) is 26.3 Å². The first-order valence-corrected chi connectivity index (χ1v) is 9.35. The molecule has 3 rings (SSSR count). The lowest BCUT2D eigenvalue weighted by atomic mass is 10.3. The van der Waals surface area contributed by atoms with Crippen molar-refractivity contribution in [3.05, 3.63) is 78.9 Å². The predicted octanol–water partition coefficient (Wildman–Crippen LogP) is 6.58. The van der Waals surface area contributed by atoms with Gasteiger partial charge >= 0.3 is 12.7 Å². The van der Waals surface area contributed by atoms with Crippen LogP contribution in [0.3, 0.4) is 0 Å². The lowest BCUT2D eigenvalue weighted by molar-refractivity contribution is -0.276. The van der Waals surface area contributed by atoms with E-state index in [0.717, 1.165) is 12.1 Å². The Morgan fingerprint density at radius 3 is 1.83 bits per heavy atom. The summed E-state index contributed by atoms with van der Waals surface area (Å²) >= 11 is 0. The first-order chi connectivity index (χ1) is 13.6. The second kappa shape index (κ2) is 8.28. The minimum absolute atomic E-state index is 0.181. The topological polar surface area (TPSA) is 18.5 Å². The van der Waals surface area contributed by atoms with Crippen molar-refractivity contribution in [2.24, 2.45) is 0 Å². The van der Waals surface area contributed by atoms with Gasteiger partial charge in [0.25, 0.3) is 0 Å². The molecule has 2 nitrogen and oxygen atoms in total. The van der Waals surface area contributed by atoms with Crippen LogP contribution >= 0.6 is 0 Å². The zero-order chi connectivity index (χ0) is 21.1. The van der Waals surface area contributed by atoms with E-state index >= 15 is 0 Å². The average Bonchev–Trinajstić information content (AvgIpc) is 2.62. The Hall–Kier alpha value is -2.81. The summed E-state index contributed by atoms with van der Waals surface area (Å²) in [4.78, 5) is 1.13. The van der Waals surface area contributed by atoms with E-state index in [1.807, 2.05) is 0 Å². The van der Waals surface area contributed by atoms with Crippen molar-refractivity contribution in [2.45, 2.75) is 27.4 Å². The van der Waals surface area contributed by atoms with Crippen LogP contribution in [0.1, 0.15) is 0 Å². The van der Waals surface area contributed by atoms with Gasteiger partial charge in [-0.2, -0.15) is 0 Å². The molecule has 0 aliphatic carbocycles. The highest BCUT2D eigenvalue weighted by atomic mass is 32.2. The minimum atomic E-state index is -4.91. The molecule has 0 N–H and O–H groups in total. The van der Waals surface area contributed by atoms with Crippen LogP contribution in [-0.2, 0) is 10.9 Å². The monoisotopic (exact) mass is 431 g/mol. The maximum absolute atomic E-state index is 12.9. The van der Waals surface area contributed by atoms with Gasteiger partial charge < -0.3 is 9.47 Å². The number of ether oxygens (including phenoxy) is 2. The summed E-state index contributed by atoms with van der Waals surface area (Å²) in [5.74, 6) is -0.882. The van der Waals surface area contributed by atoms with Crippen molar-refractivity contribution in [1.82, 2.24) is 0 Å². The standard InChI is InChI=1S/C20H13F6O2S/c21-19(22,23)27-14-7-6-10-16(13-14)29(15-8-2-1-3-9-15)18-12-5-4-11-17(18)28-20(24,25)26/h1-13H/q+1. The molecule has 0 fully saturated rings. The molecule has 0 aliphatic rings. The van der Waals surface area contributed by atoms with E-state index in [1.54, 1.807) is 30.3 Å². The summed E-state index contributed by atoms with van der Waals surface area (Å²) in [5.41, 5.74) is 0. The largest absolute Gasteiger partial charge is 0.573 e. The Morgan fingerprint density at radius 2 is 1.17 bits per heavy atom. The third-order valence-electron chi connectivity index (χ3n) is 3.55. The summed E-state index contributed by atoms with van der Waals surface area (Å²) in [5, 5.41) is 0. The van der Waals surface area contributed by atoms with Crippen LogP contribution in [0.15, 0.2) is 93.5 Å². The van der Waals surface area contributed by atoms with Crippen LogP contribution in [-0.4, -0.2) is 12.7 Å². The first-order valence-electron chi connectivity index (χ1n) is 8.12. The van der Waals surface area contributed by atoms with Gasteiger partial charge in [0.1, 0.15) is 16.6 Å². The SMILES string of the molecule is FC(F)(F)Oc1cccc([S+](c2ccccc2)c2ccccc2OC(F)(F)F)c1. The fourth-order valence-electron chi connectivity index (χ4n) is 2.57. The van der Waals surface area contributed by atoms with Gasteiger partial charge in [0.2, 0.25) is 4.90 Å². The lowest BCUT2D eigenvalue weighted by Crippen LogP contribution is -2.19. The molecule has 1 unspecified atom stereocenters. The van der Waals surface area contributed by atoms with E-state index < -0.39 is 35.1 Å². The summed E-state index contributed by atoms with van der Waals surface area (Å²) in [6.45, 7) is 0. The van der Waals surface area contributed by atoms with Crippen molar-refractivity contribution in [2.75, 3.05) is 0 Å². The molecule has 3 aromatic rings. The van der Waals surface area contributed by atoms with Gasteiger partial charge in [0.05, 0.1) is 0 Å². The minimum Gasteiger partial charge on any atom is -0.406 e. The molecule has 0 aromatic heterocycles. The molecule has 1 atom stereocenters. The Balaban J connectivity index is 2.13. The quantitative estimate of drug-likeness (QED) is 0.336. The molecular weight excluding hydrogens is 418 g/mol. The van der Waals surface area contributed by atoms with Gasteiger partial charge in [0.15, 0.2) is 15.5 Å². The Bertz CT molecular complexity index is 957. The van der Waals surface area contributed by atoms with Crippen molar-refractivity contribution in [1.29, 1.82) is 0 Å². The molecule has 152 valence electrons. The number of hydrogen-bond donors (Lipinski definition) is 0. The Morgan fingerprint density at radius 1 is 0.586 bits per heavy atom. The van der Waals surface area contributed by atoms with Crippen LogP contribution < -0.4 is 9.47 Å². The highest BCUT2D eigenvalue weighted by molar-refractivity contribution is 7.97. The van der Waals surface area contributed by atoms with Crippen molar-refractivity contribution in [3.63, 3.8) is 0 Å². The number of halogens is 6. The maximum Gasteiger partial charge on any atom is 0.573 e. The molecule has 0 aliphatic heterocycles. The van der Waals surface area contributed by atoms with E-state index in [-0.39, 0.29) is 4.90 Å². The second-order valence-electron chi connectivity index (χ2n) is 5.64. The van der Waals surface area contributed by atoms with Gasteiger partial charge in [-0.15, -0.1) is 26.3 Å². The number of hydrogen-bond acceptors (Lipinski definition) is 2. The predicted molar refractivity (Wildman–Crippen MR) is 94.9 cm³/mol. The van der Waals surface area contributed by atoms with Crippen LogP contribution in [0, 0.1) is 0 Å². The molecule has 0 spiro atoms. The van der Waals surface area contributed by atoms with E-state index in [4.69, 9.17) is 0 Å². The van der Waals surface area contributed by atoms with Crippen LogP contribution in [0.2, 0.25) is 0 Å². The molecule has 0 heterocycles. The van der Waals surface area contributed by atoms with Crippen molar-refractivity contribution >= 4 is 10.9 Å². The molecule has 0 amide bonds. The summed E-state index contributed by atoms with van der Waals surface area (Å²) in [6.07, 6.45) is -9.80. The van der Waals surface area contributed by atoms with Gasteiger partial charge in [-0.25, -0.2) is 0 Å². The second-order valence-corrected chi connectivity index (χ2v) is 7.63. The zero-order valence-electron chi connectivity index (χ0n) is 14.5. The number of rotatable bonds is 5. The average molecular weight is 431 g/mol. The normalized spacial score (nSPS) is 13.0. The third kappa shape index (κ3) is 5.83. The number of alkyl halides is 6. The molecule has 9 heteroatoms.